The Morgan fingerprint density at radius 2 is 2.36 bits per heavy atom. The fraction of sp³-hybridized carbons (Fsp3) is 0.857. The predicted octanol–water partition coefficient (Wildman–Crippen LogP) is -0.336. The molecule has 0 aromatic carbocycles. The van der Waals surface area contributed by atoms with Crippen molar-refractivity contribution in [1.29, 1.82) is 0 Å². The summed E-state index contributed by atoms with van der Waals surface area (Å²) >= 11 is 0. The van der Waals surface area contributed by atoms with Gasteiger partial charge < -0.3 is 15.2 Å². The molecule has 2 N–H and O–H groups in total. The summed E-state index contributed by atoms with van der Waals surface area (Å²) in [6, 6.07) is -0.427. The molecule has 0 aromatic heterocycles. The van der Waals surface area contributed by atoms with E-state index in [2.05, 4.69) is 0 Å². The number of hydrogen-bond donors (Lipinski definition) is 1. The quantitative estimate of drug-likeness (QED) is 0.568. The van der Waals surface area contributed by atoms with E-state index in [4.69, 9.17) is 15.2 Å². The van der Waals surface area contributed by atoms with Crippen LogP contribution in [-0.2, 0) is 14.3 Å². The van der Waals surface area contributed by atoms with E-state index in [1.807, 2.05) is 0 Å². The Labute approximate surface area is 65.7 Å². The molecule has 0 spiro atoms. The Hall–Kier alpha value is -0.450. The summed E-state index contributed by atoms with van der Waals surface area (Å²) in [6.07, 6.45) is -0.291. The van der Waals surface area contributed by atoms with E-state index in [1.165, 1.54) is 0 Å². The van der Waals surface area contributed by atoms with Crippen LogP contribution in [0.1, 0.15) is 13.3 Å². The average molecular weight is 159 g/mol. The lowest BCUT2D eigenvalue weighted by Gasteiger charge is -2.29. The van der Waals surface area contributed by atoms with E-state index in [0.29, 0.717) is 6.42 Å². The second-order valence-corrected chi connectivity index (χ2v) is 2.69. The average Bonchev–Trinajstić information content (AvgIpc) is 1.99. The third-order valence-electron chi connectivity index (χ3n) is 1.83. The summed E-state index contributed by atoms with van der Waals surface area (Å²) in [5, 5.41) is 0. The zero-order valence-corrected chi connectivity index (χ0v) is 6.74. The smallest absolute Gasteiger partial charge is 0.178 e. The highest BCUT2D eigenvalue weighted by Gasteiger charge is 2.32. The van der Waals surface area contributed by atoms with Crippen molar-refractivity contribution in [2.75, 3.05) is 7.11 Å². The summed E-state index contributed by atoms with van der Waals surface area (Å²) in [4.78, 5) is 11.1. The molecular formula is C7H13NO3. The van der Waals surface area contributed by atoms with Gasteiger partial charge in [0.1, 0.15) is 6.10 Å². The first kappa shape index (κ1) is 8.64. The molecule has 11 heavy (non-hydrogen) atoms. The number of carbonyl (C=O) groups is 1. The highest BCUT2D eigenvalue weighted by atomic mass is 16.7. The molecule has 4 nitrogen and oxygen atoms in total. The maximum atomic E-state index is 11.1. The summed E-state index contributed by atoms with van der Waals surface area (Å²) < 4.78 is 10.1. The van der Waals surface area contributed by atoms with E-state index in [0.717, 1.165) is 0 Å². The molecule has 1 fully saturated rings. The predicted molar refractivity (Wildman–Crippen MR) is 38.9 cm³/mol. The van der Waals surface area contributed by atoms with Gasteiger partial charge in [0.2, 0.25) is 0 Å². The molecule has 0 saturated carbocycles. The lowest BCUT2D eigenvalue weighted by molar-refractivity contribution is -0.185. The van der Waals surface area contributed by atoms with Gasteiger partial charge in [-0.3, -0.25) is 4.79 Å². The highest BCUT2D eigenvalue weighted by molar-refractivity contribution is 5.88. The Morgan fingerprint density at radius 3 is 2.82 bits per heavy atom. The van der Waals surface area contributed by atoms with Gasteiger partial charge in [-0.25, -0.2) is 0 Å². The second-order valence-electron chi connectivity index (χ2n) is 2.69. The summed E-state index contributed by atoms with van der Waals surface area (Å²) in [6.45, 7) is 1.69. The van der Waals surface area contributed by atoms with Crippen LogP contribution in [0.5, 0.6) is 0 Å². The number of methoxy groups -OCH3 is 1. The zero-order valence-electron chi connectivity index (χ0n) is 6.74. The van der Waals surface area contributed by atoms with Gasteiger partial charge in [-0.15, -0.1) is 0 Å². The molecule has 1 rings (SSSR count). The van der Waals surface area contributed by atoms with Crippen LogP contribution in [-0.4, -0.2) is 31.3 Å². The third-order valence-corrected chi connectivity index (χ3v) is 1.83. The molecule has 1 aliphatic rings. The van der Waals surface area contributed by atoms with E-state index in [-0.39, 0.29) is 12.1 Å². The lowest BCUT2D eigenvalue weighted by atomic mass is 10.0. The molecule has 1 saturated heterocycles. The fourth-order valence-electron chi connectivity index (χ4n) is 1.13. The van der Waals surface area contributed by atoms with Gasteiger partial charge in [0, 0.05) is 13.5 Å². The minimum absolute atomic E-state index is 0.0432. The second kappa shape index (κ2) is 3.30. The first-order valence-electron chi connectivity index (χ1n) is 3.62. The van der Waals surface area contributed by atoms with Gasteiger partial charge in [0.05, 0.1) is 6.04 Å². The maximum Gasteiger partial charge on any atom is 0.178 e. The Morgan fingerprint density at radius 1 is 1.73 bits per heavy atom. The molecular weight excluding hydrogens is 146 g/mol. The SMILES string of the molecule is CO[C@H]1C[C@H](N)C(=O)[C@H](C)O1. The largest absolute Gasteiger partial charge is 0.356 e. The normalized spacial score (nSPS) is 39.2. The van der Waals surface area contributed by atoms with Crippen molar-refractivity contribution < 1.29 is 14.3 Å². The van der Waals surface area contributed by atoms with E-state index in [9.17, 15) is 4.79 Å². The molecule has 64 valence electrons. The van der Waals surface area contributed by atoms with Crippen LogP contribution in [0.2, 0.25) is 0 Å². The van der Waals surface area contributed by atoms with E-state index >= 15 is 0 Å². The molecule has 3 atom stereocenters. The van der Waals surface area contributed by atoms with Crippen molar-refractivity contribution in [3.05, 3.63) is 0 Å². The molecule has 0 aromatic rings. The summed E-state index contributed by atoms with van der Waals surface area (Å²) in [5.74, 6) is -0.0432. The van der Waals surface area contributed by atoms with Crippen LogP contribution in [0.3, 0.4) is 0 Å². The van der Waals surface area contributed by atoms with Crippen molar-refractivity contribution in [2.45, 2.75) is 31.8 Å². The minimum atomic E-state index is -0.427. The van der Waals surface area contributed by atoms with Crippen molar-refractivity contribution in [1.82, 2.24) is 0 Å². The number of rotatable bonds is 1. The maximum absolute atomic E-state index is 11.1. The standard InChI is InChI=1S/C7H13NO3/c1-4-7(9)5(8)3-6(10-2)11-4/h4-6H,3,8H2,1-2H3/t4-,5-,6+/m0/s1. The number of nitrogens with two attached hydrogens (primary N) is 1. The molecule has 4 heteroatoms. The number of carbonyl (C=O) groups excluding carboxylic acids is 1. The van der Waals surface area contributed by atoms with Crippen molar-refractivity contribution in [3.63, 3.8) is 0 Å². The van der Waals surface area contributed by atoms with Crippen molar-refractivity contribution in [3.8, 4) is 0 Å². The molecule has 1 aliphatic heterocycles. The Balaban J connectivity index is 2.54. The number of ketones is 1. The molecule has 0 bridgehead atoms. The Bertz CT molecular complexity index is 146. The molecule has 0 amide bonds. The van der Waals surface area contributed by atoms with Gasteiger partial charge in [-0.2, -0.15) is 0 Å². The van der Waals surface area contributed by atoms with Crippen molar-refractivity contribution >= 4 is 5.78 Å². The first-order chi connectivity index (χ1) is 5.15. The highest BCUT2D eigenvalue weighted by Crippen LogP contribution is 2.15. The third kappa shape index (κ3) is 1.77. The minimum Gasteiger partial charge on any atom is -0.356 e. The van der Waals surface area contributed by atoms with Crippen LogP contribution >= 0.6 is 0 Å². The van der Waals surface area contributed by atoms with Crippen LogP contribution in [0.4, 0.5) is 0 Å². The van der Waals surface area contributed by atoms with E-state index < -0.39 is 12.1 Å². The van der Waals surface area contributed by atoms with Crippen molar-refractivity contribution in [2.24, 2.45) is 5.73 Å². The number of Topliss-reactive ketones (excluding diaryl/α,β-unsaturated/α-hetero) is 1. The van der Waals surface area contributed by atoms with Gasteiger partial charge in [0.15, 0.2) is 12.1 Å². The summed E-state index contributed by atoms with van der Waals surface area (Å²) in [5.41, 5.74) is 5.53. The first-order valence-corrected chi connectivity index (χ1v) is 3.62. The number of ether oxygens (including phenoxy) is 2. The van der Waals surface area contributed by atoms with Crippen LogP contribution in [0.15, 0.2) is 0 Å². The van der Waals surface area contributed by atoms with Gasteiger partial charge in [-0.05, 0) is 6.92 Å². The number of hydrogen-bond acceptors (Lipinski definition) is 4. The van der Waals surface area contributed by atoms with Crippen LogP contribution in [0, 0.1) is 0 Å². The zero-order chi connectivity index (χ0) is 8.43. The van der Waals surface area contributed by atoms with Crippen LogP contribution in [0.25, 0.3) is 0 Å². The molecule has 0 unspecified atom stereocenters. The fourth-order valence-corrected chi connectivity index (χ4v) is 1.13. The van der Waals surface area contributed by atoms with Crippen LogP contribution < -0.4 is 5.73 Å². The molecule has 0 aliphatic carbocycles. The molecule has 1 heterocycles. The monoisotopic (exact) mass is 159 g/mol. The molecule has 0 radical (unpaired) electrons. The summed E-state index contributed by atoms with van der Waals surface area (Å²) in [7, 11) is 1.54. The van der Waals surface area contributed by atoms with E-state index in [1.54, 1.807) is 14.0 Å². The lowest BCUT2D eigenvalue weighted by Crippen LogP contribution is -2.48. The Kier molecular flexibility index (Phi) is 2.59. The van der Waals surface area contributed by atoms with Gasteiger partial charge in [-0.1, -0.05) is 0 Å². The topological polar surface area (TPSA) is 61.5 Å². The van der Waals surface area contributed by atoms with Gasteiger partial charge >= 0.3 is 0 Å². The van der Waals surface area contributed by atoms with Gasteiger partial charge in [0.25, 0.3) is 0 Å².